The van der Waals surface area contributed by atoms with Gasteiger partial charge in [0.05, 0.1) is 6.54 Å². The maximum absolute atomic E-state index is 12.5. The molecule has 2 aliphatic rings. The first-order chi connectivity index (χ1) is 13.9. The average Bonchev–Trinajstić information content (AvgIpc) is 3.12. The molecule has 3 rings (SSSR count). The topological polar surface area (TPSA) is 42.9 Å². The van der Waals surface area contributed by atoms with Crippen LogP contribution in [-0.4, -0.2) is 67.7 Å². The van der Waals surface area contributed by atoms with Gasteiger partial charge in [-0.05, 0) is 43.5 Å². The van der Waals surface area contributed by atoms with E-state index < -0.39 is 12.7 Å². The number of halogens is 3. The summed E-state index contributed by atoms with van der Waals surface area (Å²) in [7, 11) is 1.68. The predicted octanol–water partition coefficient (Wildman–Crippen LogP) is 2.97. The molecule has 0 spiro atoms. The number of nitrogens with one attached hydrogen (secondary N) is 2. The normalized spacial score (nSPS) is 22.1. The highest BCUT2D eigenvalue weighted by molar-refractivity contribution is 5.80. The second-order valence-corrected chi connectivity index (χ2v) is 8.06. The number of likely N-dealkylation sites (tertiary alicyclic amines) is 2. The molecule has 1 aromatic rings. The first kappa shape index (κ1) is 21.9. The zero-order valence-corrected chi connectivity index (χ0v) is 17.1. The molecule has 5 nitrogen and oxygen atoms in total. The van der Waals surface area contributed by atoms with Crippen molar-refractivity contribution in [2.45, 2.75) is 51.0 Å². The summed E-state index contributed by atoms with van der Waals surface area (Å²) in [5.41, 5.74) is 2.48. The molecule has 0 saturated carbocycles. The summed E-state index contributed by atoms with van der Waals surface area (Å²) in [5, 5.41) is 6.50. The van der Waals surface area contributed by atoms with Crippen molar-refractivity contribution < 1.29 is 13.2 Å². The lowest BCUT2D eigenvalue weighted by molar-refractivity contribution is -0.143. The van der Waals surface area contributed by atoms with Crippen LogP contribution in [0.15, 0.2) is 29.3 Å². The number of benzene rings is 1. The van der Waals surface area contributed by atoms with Gasteiger partial charge < -0.3 is 10.6 Å². The van der Waals surface area contributed by atoms with E-state index >= 15 is 0 Å². The molecule has 8 heteroatoms. The zero-order valence-electron chi connectivity index (χ0n) is 17.1. The Morgan fingerprint density at radius 3 is 2.38 bits per heavy atom. The number of alkyl halides is 3. The SMILES string of the molecule is CN=C(NCc1ccc(CN2CCCCC2)cc1)NC1CCN(CC(F)(F)F)C1. The number of hydrogen-bond acceptors (Lipinski definition) is 3. The Morgan fingerprint density at radius 2 is 1.72 bits per heavy atom. The van der Waals surface area contributed by atoms with E-state index in [1.54, 1.807) is 7.05 Å². The fraction of sp³-hybridized carbons (Fsp3) is 0.667. The monoisotopic (exact) mass is 411 g/mol. The standard InChI is InChI=1S/C21H32F3N5/c1-25-20(27-19-9-12-29(15-19)16-21(22,23)24)26-13-17-5-7-18(8-6-17)14-28-10-3-2-4-11-28/h5-8,19H,2-4,9-16H2,1H3,(H2,25,26,27). The van der Waals surface area contributed by atoms with Crippen LogP contribution in [0.2, 0.25) is 0 Å². The highest BCUT2D eigenvalue weighted by Crippen LogP contribution is 2.20. The molecule has 2 saturated heterocycles. The van der Waals surface area contributed by atoms with E-state index in [1.807, 2.05) is 0 Å². The van der Waals surface area contributed by atoms with Crippen LogP contribution < -0.4 is 10.6 Å². The highest BCUT2D eigenvalue weighted by atomic mass is 19.4. The van der Waals surface area contributed by atoms with Crippen LogP contribution in [0, 0.1) is 0 Å². The molecule has 0 aliphatic carbocycles. The molecule has 0 bridgehead atoms. The molecule has 2 aliphatic heterocycles. The van der Waals surface area contributed by atoms with Gasteiger partial charge >= 0.3 is 6.18 Å². The van der Waals surface area contributed by atoms with Crippen molar-refractivity contribution in [2.75, 3.05) is 39.8 Å². The molecule has 0 radical (unpaired) electrons. The Hall–Kier alpha value is -1.80. The molecule has 162 valence electrons. The molecular formula is C21H32F3N5. The van der Waals surface area contributed by atoms with Crippen LogP contribution in [0.1, 0.15) is 36.8 Å². The van der Waals surface area contributed by atoms with Gasteiger partial charge in [0, 0.05) is 39.3 Å². The van der Waals surface area contributed by atoms with E-state index in [4.69, 9.17) is 0 Å². The molecule has 1 unspecified atom stereocenters. The summed E-state index contributed by atoms with van der Waals surface area (Å²) in [6, 6.07) is 8.58. The lowest BCUT2D eigenvalue weighted by Crippen LogP contribution is -2.44. The van der Waals surface area contributed by atoms with Gasteiger partial charge in [-0.1, -0.05) is 30.7 Å². The van der Waals surface area contributed by atoms with Crippen LogP contribution in [0.3, 0.4) is 0 Å². The second kappa shape index (κ2) is 10.3. The van der Waals surface area contributed by atoms with Crippen LogP contribution in [0.25, 0.3) is 0 Å². The van der Waals surface area contributed by atoms with Crippen LogP contribution in [-0.2, 0) is 13.1 Å². The number of aliphatic imine (C=N–C) groups is 1. The minimum absolute atomic E-state index is 0.0181. The Bertz CT molecular complexity index is 653. The molecular weight excluding hydrogens is 379 g/mol. The van der Waals surface area contributed by atoms with Gasteiger partial charge in [-0.15, -0.1) is 0 Å². The van der Waals surface area contributed by atoms with Gasteiger partial charge in [-0.25, -0.2) is 0 Å². The Labute approximate surface area is 171 Å². The van der Waals surface area contributed by atoms with Gasteiger partial charge in [0.25, 0.3) is 0 Å². The fourth-order valence-corrected chi connectivity index (χ4v) is 4.06. The number of guanidine groups is 1. The molecule has 1 atom stereocenters. The number of rotatable bonds is 6. The first-order valence-electron chi connectivity index (χ1n) is 10.5. The van der Waals surface area contributed by atoms with Crippen molar-refractivity contribution in [3.63, 3.8) is 0 Å². The lowest BCUT2D eigenvalue weighted by atomic mass is 10.1. The molecule has 0 amide bonds. The zero-order chi connectivity index (χ0) is 20.7. The van der Waals surface area contributed by atoms with E-state index in [9.17, 15) is 13.2 Å². The van der Waals surface area contributed by atoms with E-state index in [-0.39, 0.29) is 6.04 Å². The average molecular weight is 412 g/mol. The van der Waals surface area contributed by atoms with Crippen molar-refractivity contribution in [1.82, 2.24) is 20.4 Å². The van der Waals surface area contributed by atoms with Gasteiger partial charge in [0.1, 0.15) is 0 Å². The third-order valence-corrected chi connectivity index (χ3v) is 5.58. The minimum atomic E-state index is -4.14. The van der Waals surface area contributed by atoms with Gasteiger partial charge in [0.15, 0.2) is 5.96 Å². The lowest BCUT2D eigenvalue weighted by Gasteiger charge is -2.26. The maximum Gasteiger partial charge on any atom is 0.401 e. The highest BCUT2D eigenvalue weighted by Gasteiger charge is 2.34. The van der Waals surface area contributed by atoms with Gasteiger partial charge in [-0.3, -0.25) is 14.8 Å². The number of piperidine rings is 1. The Morgan fingerprint density at radius 1 is 1.03 bits per heavy atom. The van der Waals surface area contributed by atoms with E-state index in [1.165, 1.54) is 42.8 Å². The van der Waals surface area contributed by atoms with Crippen molar-refractivity contribution in [1.29, 1.82) is 0 Å². The fourth-order valence-electron chi connectivity index (χ4n) is 4.06. The van der Waals surface area contributed by atoms with Gasteiger partial charge in [-0.2, -0.15) is 13.2 Å². The van der Waals surface area contributed by atoms with Crippen molar-refractivity contribution in [3.05, 3.63) is 35.4 Å². The number of nitrogens with zero attached hydrogens (tertiary/aromatic N) is 3. The summed E-state index contributed by atoms with van der Waals surface area (Å²) in [6.07, 6.45) is 0.473. The maximum atomic E-state index is 12.5. The minimum Gasteiger partial charge on any atom is -0.352 e. The Balaban J connectivity index is 1.41. The van der Waals surface area contributed by atoms with Crippen LogP contribution in [0.4, 0.5) is 13.2 Å². The van der Waals surface area contributed by atoms with Crippen molar-refractivity contribution in [2.24, 2.45) is 4.99 Å². The molecule has 2 N–H and O–H groups in total. The predicted molar refractivity (Wildman–Crippen MR) is 110 cm³/mol. The summed E-state index contributed by atoms with van der Waals surface area (Å²) in [6.45, 7) is 3.99. The first-order valence-corrected chi connectivity index (χ1v) is 10.5. The molecule has 2 heterocycles. The molecule has 29 heavy (non-hydrogen) atoms. The summed E-state index contributed by atoms with van der Waals surface area (Å²) >= 11 is 0. The van der Waals surface area contributed by atoms with Gasteiger partial charge in [0.2, 0.25) is 0 Å². The third-order valence-electron chi connectivity index (χ3n) is 5.58. The van der Waals surface area contributed by atoms with Crippen molar-refractivity contribution >= 4 is 5.96 Å². The molecule has 1 aromatic carbocycles. The summed E-state index contributed by atoms with van der Waals surface area (Å²) in [5.74, 6) is 0.626. The van der Waals surface area contributed by atoms with Crippen LogP contribution >= 0.6 is 0 Å². The number of hydrogen-bond donors (Lipinski definition) is 2. The summed E-state index contributed by atoms with van der Waals surface area (Å²) < 4.78 is 37.6. The van der Waals surface area contributed by atoms with E-state index in [2.05, 4.69) is 44.8 Å². The molecule has 2 fully saturated rings. The molecule has 0 aromatic heterocycles. The van der Waals surface area contributed by atoms with Crippen LogP contribution in [0.5, 0.6) is 0 Å². The summed E-state index contributed by atoms with van der Waals surface area (Å²) in [4.78, 5) is 8.15. The third kappa shape index (κ3) is 7.51. The van der Waals surface area contributed by atoms with E-state index in [0.717, 1.165) is 12.1 Å². The smallest absolute Gasteiger partial charge is 0.352 e. The second-order valence-electron chi connectivity index (χ2n) is 8.06. The van der Waals surface area contributed by atoms with Crippen molar-refractivity contribution in [3.8, 4) is 0 Å². The van der Waals surface area contributed by atoms with E-state index in [0.29, 0.717) is 32.0 Å². The largest absolute Gasteiger partial charge is 0.401 e. The Kier molecular flexibility index (Phi) is 7.77. The quantitative estimate of drug-likeness (QED) is 0.558.